The van der Waals surface area contributed by atoms with Gasteiger partial charge in [0.15, 0.2) is 0 Å². The van der Waals surface area contributed by atoms with E-state index in [2.05, 4.69) is 26.0 Å². The molecule has 162 valence electrons. The van der Waals surface area contributed by atoms with Crippen LogP contribution in [0.2, 0.25) is 5.02 Å². The van der Waals surface area contributed by atoms with E-state index in [9.17, 15) is 9.18 Å². The van der Waals surface area contributed by atoms with Crippen LogP contribution in [-0.4, -0.2) is 15.9 Å². The summed E-state index contributed by atoms with van der Waals surface area (Å²) in [4.78, 5) is 17.5. The molecule has 32 heavy (non-hydrogen) atoms. The van der Waals surface area contributed by atoms with Gasteiger partial charge in [0, 0.05) is 16.5 Å². The molecular formula is C24H18BrClFN3O2. The second kappa shape index (κ2) is 9.63. The molecule has 0 radical (unpaired) electrons. The van der Waals surface area contributed by atoms with Gasteiger partial charge < -0.3 is 4.74 Å². The van der Waals surface area contributed by atoms with Crippen molar-refractivity contribution in [3.8, 4) is 5.75 Å². The van der Waals surface area contributed by atoms with Crippen LogP contribution >= 0.6 is 27.5 Å². The highest BCUT2D eigenvalue weighted by Gasteiger charge is 2.10. The zero-order valence-corrected chi connectivity index (χ0v) is 19.4. The van der Waals surface area contributed by atoms with Crippen molar-refractivity contribution in [1.29, 1.82) is 0 Å². The molecule has 8 heteroatoms. The van der Waals surface area contributed by atoms with Crippen LogP contribution in [0.15, 0.2) is 75.0 Å². The maximum Gasteiger partial charge on any atom is 0.282 e. The summed E-state index contributed by atoms with van der Waals surface area (Å²) in [5.41, 5.74) is 1.49. The molecule has 0 unspecified atom stereocenters. The standard InChI is InChI=1S/C24H18BrClFN3O2/c1-2-23-29-21-9-8-17(25)12-18(21)24(31)30(23)28-13-15-7-10-22(19(26)11-15)32-14-16-5-3-4-6-20(16)27/h3-13H,2,14H2,1H3. The zero-order valence-electron chi connectivity index (χ0n) is 17.1. The van der Waals surface area contributed by atoms with Gasteiger partial charge in [-0.1, -0.05) is 52.7 Å². The van der Waals surface area contributed by atoms with Crippen LogP contribution in [0.1, 0.15) is 23.9 Å². The molecule has 3 aromatic carbocycles. The molecule has 0 atom stereocenters. The molecule has 4 rings (SSSR count). The molecule has 0 amide bonds. The minimum atomic E-state index is -0.333. The molecule has 0 aliphatic carbocycles. The largest absolute Gasteiger partial charge is 0.487 e. The Kier molecular flexibility index (Phi) is 6.67. The predicted octanol–water partition coefficient (Wildman–Crippen LogP) is 5.98. The zero-order chi connectivity index (χ0) is 22.7. The van der Waals surface area contributed by atoms with Crippen LogP contribution in [0.3, 0.4) is 0 Å². The van der Waals surface area contributed by atoms with E-state index < -0.39 is 0 Å². The lowest BCUT2D eigenvalue weighted by molar-refractivity contribution is 0.300. The van der Waals surface area contributed by atoms with E-state index in [1.54, 1.807) is 54.7 Å². The first-order chi connectivity index (χ1) is 15.5. The van der Waals surface area contributed by atoms with Gasteiger partial charge in [0.1, 0.15) is 24.0 Å². The lowest BCUT2D eigenvalue weighted by Gasteiger charge is -2.10. The van der Waals surface area contributed by atoms with Gasteiger partial charge in [0.25, 0.3) is 5.56 Å². The Labute approximate surface area is 197 Å². The van der Waals surface area contributed by atoms with Crippen molar-refractivity contribution in [2.75, 3.05) is 0 Å². The first kappa shape index (κ1) is 22.2. The van der Waals surface area contributed by atoms with Gasteiger partial charge in [-0.2, -0.15) is 9.78 Å². The second-order valence-electron chi connectivity index (χ2n) is 6.97. The van der Waals surface area contributed by atoms with Gasteiger partial charge in [-0.15, -0.1) is 0 Å². The number of aromatic nitrogens is 2. The molecule has 0 saturated heterocycles. The van der Waals surface area contributed by atoms with Crippen molar-refractivity contribution in [2.24, 2.45) is 5.10 Å². The van der Waals surface area contributed by atoms with E-state index in [-0.39, 0.29) is 18.0 Å². The summed E-state index contributed by atoms with van der Waals surface area (Å²) in [7, 11) is 0. The molecule has 0 saturated carbocycles. The highest BCUT2D eigenvalue weighted by Crippen LogP contribution is 2.26. The lowest BCUT2D eigenvalue weighted by Crippen LogP contribution is -2.22. The maximum atomic E-state index is 13.8. The van der Waals surface area contributed by atoms with Crippen molar-refractivity contribution in [2.45, 2.75) is 20.0 Å². The van der Waals surface area contributed by atoms with E-state index >= 15 is 0 Å². The highest BCUT2D eigenvalue weighted by molar-refractivity contribution is 9.10. The van der Waals surface area contributed by atoms with Gasteiger partial charge >= 0.3 is 0 Å². The molecule has 0 spiro atoms. The number of halogens is 3. The molecular weight excluding hydrogens is 497 g/mol. The Morgan fingerprint density at radius 2 is 2.00 bits per heavy atom. The smallest absolute Gasteiger partial charge is 0.282 e. The number of ether oxygens (including phenoxy) is 1. The third-order valence-corrected chi connectivity index (χ3v) is 5.60. The van der Waals surface area contributed by atoms with Crippen LogP contribution < -0.4 is 10.3 Å². The monoisotopic (exact) mass is 513 g/mol. The van der Waals surface area contributed by atoms with Crippen molar-refractivity contribution in [3.05, 3.63) is 103 Å². The average molecular weight is 515 g/mol. The van der Waals surface area contributed by atoms with Gasteiger partial charge in [-0.05, 0) is 48.0 Å². The topological polar surface area (TPSA) is 56.5 Å². The summed E-state index contributed by atoms with van der Waals surface area (Å²) < 4.78 is 21.5. The third-order valence-electron chi connectivity index (χ3n) is 4.81. The van der Waals surface area contributed by atoms with Crippen molar-refractivity contribution < 1.29 is 9.13 Å². The minimum Gasteiger partial charge on any atom is -0.487 e. The first-order valence-corrected chi connectivity index (χ1v) is 11.0. The molecule has 0 aliphatic heterocycles. The van der Waals surface area contributed by atoms with Crippen LogP contribution in [0, 0.1) is 5.82 Å². The molecule has 5 nitrogen and oxygen atoms in total. The third kappa shape index (κ3) is 4.74. The van der Waals surface area contributed by atoms with Crippen LogP contribution in [0.5, 0.6) is 5.75 Å². The van der Waals surface area contributed by atoms with E-state index in [4.69, 9.17) is 16.3 Å². The van der Waals surface area contributed by atoms with Crippen molar-refractivity contribution >= 4 is 44.6 Å². The molecule has 0 fully saturated rings. The molecule has 4 aromatic rings. The van der Waals surface area contributed by atoms with Gasteiger partial charge in [-0.3, -0.25) is 4.79 Å². The quantitative estimate of drug-likeness (QED) is 0.298. The number of benzene rings is 3. The van der Waals surface area contributed by atoms with Crippen molar-refractivity contribution in [3.63, 3.8) is 0 Å². The average Bonchev–Trinajstić information content (AvgIpc) is 2.79. The number of fused-ring (bicyclic) bond motifs is 1. The predicted molar refractivity (Wildman–Crippen MR) is 128 cm³/mol. The number of hydrogen-bond acceptors (Lipinski definition) is 4. The fourth-order valence-electron chi connectivity index (χ4n) is 3.15. The maximum absolute atomic E-state index is 13.8. The van der Waals surface area contributed by atoms with Crippen LogP contribution in [0.4, 0.5) is 4.39 Å². The summed E-state index contributed by atoms with van der Waals surface area (Å²) in [6.07, 6.45) is 2.08. The van der Waals surface area contributed by atoms with E-state index in [1.165, 1.54) is 10.7 Å². The lowest BCUT2D eigenvalue weighted by atomic mass is 10.2. The summed E-state index contributed by atoms with van der Waals surface area (Å²) in [5, 5.41) is 5.19. The normalized spacial score (nSPS) is 11.4. The number of aryl methyl sites for hydroxylation is 1. The molecule has 0 N–H and O–H groups in total. The minimum absolute atomic E-state index is 0.0629. The highest BCUT2D eigenvalue weighted by atomic mass is 79.9. The Balaban J connectivity index is 1.59. The summed E-state index contributed by atoms with van der Waals surface area (Å²) in [6.45, 7) is 1.98. The van der Waals surface area contributed by atoms with E-state index in [0.29, 0.717) is 45.0 Å². The van der Waals surface area contributed by atoms with Crippen LogP contribution in [-0.2, 0) is 13.0 Å². The second-order valence-corrected chi connectivity index (χ2v) is 8.30. The first-order valence-electron chi connectivity index (χ1n) is 9.87. The number of hydrogen-bond donors (Lipinski definition) is 0. The number of rotatable bonds is 6. The number of nitrogens with zero attached hydrogens (tertiary/aromatic N) is 3. The summed E-state index contributed by atoms with van der Waals surface area (Å²) in [5.74, 6) is 0.647. The Morgan fingerprint density at radius 1 is 1.19 bits per heavy atom. The van der Waals surface area contributed by atoms with E-state index in [0.717, 1.165) is 4.47 Å². The molecule has 0 aliphatic rings. The Bertz CT molecular complexity index is 1390. The summed E-state index contributed by atoms with van der Waals surface area (Å²) >= 11 is 9.72. The summed E-state index contributed by atoms with van der Waals surface area (Å²) in [6, 6.07) is 16.9. The fraction of sp³-hybridized carbons (Fsp3) is 0.125. The van der Waals surface area contributed by atoms with Gasteiger partial charge in [0.2, 0.25) is 0 Å². The van der Waals surface area contributed by atoms with Gasteiger partial charge in [-0.25, -0.2) is 9.37 Å². The fourth-order valence-corrected chi connectivity index (χ4v) is 3.76. The van der Waals surface area contributed by atoms with Gasteiger partial charge in [0.05, 0.1) is 22.1 Å². The molecule has 0 bridgehead atoms. The SMILES string of the molecule is CCc1nc2ccc(Br)cc2c(=O)n1N=Cc1ccc(OCc2ccccc2F)c(Cl)c1. The Hall–Kier alpha value is -3.03. The Morgan fingerprint density at radius 3 is 2.75 bits per heavy atom. The van der Waals surface area contributed by atoms with E-state index in [1.807, 2.05) is 13.0 Å². The van der Waals surface area contributed by atoms with Crippen molar-refractivity contribution in [1.82, 2.24) is 9.66 Å². The molecule has 1 aromatic heterocycles. The van der Waals surface area contributed by atoms with Crippen LogP contribution in [0.25, 0.3) is 10.9 Å². The molecule has 1 heterocycles.